The second-order valence-corrected chi connectivity index (χ2v) is 4.40. The van der Waals surface area contributed by atoms with Gasteiger partial charge in [0, 0.05) is 16.5 Å². The molecule has 0 N–H and O–H groups in total. The minimum Gasteiger partial charge on any atom is -0.471 e. The van der Waals surface area contributed by atoms with Crippen molar-refractivity contribution in [1.29, 1.82) is 0 Å². The third kappa shape index (κ3) is 2.71. The summed E-state index contributed by atoms with van der Waals surface area (Å²) in [5, 5.41) is 0.634. The van der Waals surface area contributed by atoms with Crippen molar-refractivity contribution in [2.45, 2.75) is 6.42 Å². The molecule has 2 aromatic rings. The lowest BCUT2D eigenvalue weighted by atomic mass is 10.1. The third-order valence-corrected chi connectivity index (χ3v) is 2.89. The summed E-state index contributed by atoms with van der Waals surface area (Å²) in [6, 6.07) is 7.06. The molecule has 0 spiro atoms. The van der Waals surface area contributed by atoms with E-state index in [4.69, 9.17) is 27.6 Å². The van der Waals surface area contributed by atoms with Gasteiger partial charge in [-0.2, -0.15) is 0 Å². The Labute approximate surface area is 109 Å². The Balaban J connectivity index is 2.49. The fourth-order valence-corrected chi connectivity index (χ4v) is 1.90. The number of benzene rings is 1. The van der Waals surface area contributed by atoms with Crippen LogP contribution in [-0.2, 0) is 6.42 Å². The Morgan fingerprint density at radius 2 is 1.82 bits per heavy atom. The summed E-state index contributed by atoms with van der Waals surface area (Å²) in [6.45, 7) is 0. The van der Waals surface area contributed by atoms with Gasteiger partial charge < -0.3 is 4.42 Å². The minimum absolute atomic E-state index is 0.0424. The van der Waals surface area contributed by atoms with Crippen LogP contribution in [0.1, 0.15) is 5.56 Å². The van der Waals surface area contributed by atoms with E-state index in [0.29, 0.717) is 28.5 Å². The lowest BCUT2D eigenvalue weighted by Crippen LogP contribution is -2.11. The van der Waals surface area contributed by atoms with Crippen LogP contribution in [0, 0.1) is 0 Å². The molecule has 0 fully saturated rings. The molecule has 0 aliphatic heterocycles. The highest BCUT2D eigenvalue weighted by atomic mass is 35.5. The molecule has 17 heavy (non-hydrogen) atoms. The summed E-state index contributed by atoms with van der Waals surface area (Å²) in [5.41, 5.74) is 1.87. The number of rotatable bonds is 3. The van der Waals surface area contributed by atoms with Gasteiger partial charge in [-0.1, -0.05) is 23.7 Å². The van der Waals surface area contributed by atoms with Gasteiger partial charge in [-0.25, -0.2) is 0 Å². The van der Waals surface area contributed by atoms with E-state index in [1.54, 1.807) is 24.3 Å². The number of hydrogen-bond donors (Lipinski definition) is 0. The zero-order chi connectivity index (χ0) is 12.3. The second kappa shape index (κ2) is 5.39. The molecule has 4 heteroatoms. The van der Waals surface area contributed by atoms with Crippen molar-refractivity contribution in [3.63, 3.8) is 0 Å². The van der Waals surface area contributed by atoms with E-state index in [1.807, 2.05) is 0 Å². The molecule has 2 nitrogen and oxygen atoms in total. The number of alkyl halides is 1. The van der Waals surface area contributed by atoms with E-state index in [1.165, 1.54) is 12.5 Å². The van der Waals surface area contributed by atoms with Crippen LogP contribution in [-0.4, -0.2) is 5.88 Å². The smallest absolute Gasteiger partial charge is 0.195 e. The maximum atomic E-state index is 12.1. The second-order valence-electron chi connectivity index (χ2n) is 3.59. The molecule has 0 aliphatic rings. The quantitative estimate of drug-likeness (QED) is 0.794. The molecular formula is C13H10Cl2O2. The fourth-order valence-electron chi connectivity index (χ4n) is 1.57. The van der Waals surface area contributed by atoms with Crippen LogP contribution in [0.2, 0.25) is 5.02 Å². The summed E-state index contributed by atoms with van der Waals surface area (Å²) >= 11 is 11.4. The molecule has 0 saturated carbocycles. The number of halogens is 2. The SMILES string of the molecule is O=c1c(CCCl)cocc1-c1ccc(Cl)cc1. The first-order chi connectivity index (χ1) is 8.22. The molecule has 0 bridgehead atoms. The summed E-state index contributed by atoms with van der Waals surface area (Å²) in [6.07, 6.45) is 3.40. The van der Waals surface area contributed by atoms with Crippen molar-refractivity contribution in [2.75, 3.05) is 5.88 Å². The van der Waals surface area contributed by atoms with Crippen molar-refractivity contribution in [3.8, 4) is 11.1 Å². The maximum absolute atomic E-state index is 12.1. The first-order valence-corrected chi connectivity index (χ1v) is 6.05. The van der Waals surface area contributed by atoms with Gasteiger partial charge in [0.25, 0.3) is 0 Å². The largest absolute Gasteiger partial charge is 0.471 e. The zero-order valence-electron chi connectivity index (χ0n) is 8.95. The zero-order valence-corrected chi connectivity index (χ0v) is 10.5. The lowest BCUT2D eigenvalue weighted by molar-refractivity contribution is 0.543. The van der Waals surface area contributed by atoms with Gasteiger partial charge in [-0.15, -0.1) is 11.6 Å². The normalized spacial score (nSPS) is 10.5. The van der Waals surface area contributed by atoms with Crippen molar-refractivity contribution < 1.29 is 4.42 Å². The molecular weight excluding hydrogens is 259 g/mol. The first-order valence-electron chi connectivity index (χ1n) is 5.13. The molecule has 1 heterocycles. The van der Waals surface area contributed by atoms with E-state index in [9.17, 15) is 4.79 Å². The van der Waals surface area contributed by atoms with Gasteiger partial charge in [-0.3, -0.25) is 4.79 Å². The van der Waals surface area contributed by atoms with Crippen LogP contribution in [0.4, 0.5) is 0 Å². The van der Waals surface area contributed by atoms with Crippen molar-refractivity contribution in [3.05, 3.63) is 57.6 Å². The van der Waals surface area contributed by atoms with Crippen LogP contribution in [0.25, 0.3) is 11.1 Å². The van der Waals surface area contributed by atoms with Crippen molar-refractivity contribution >= 4 is 23.2 Å². The molecule has 0 aliphatic carbocycles. The summed E-state index contributed by atoms with van der Waals surface area (Å²) in [5.74, 6) is 0.398. The minimum atomic E-state index is -0.0424. The molecule has 88 valence electrons. The summed E-state index contributed by atoms with van der Waals surface area (Å²) < 4.78 is 5.17. The molecule has 1 aromatic heterocycles. The maximum Gasteiger partial charge on any atom is 0.195 e. The molecule has 2 rings (SSSR count). The highest BCUT2D eigenvalue weighted by Gasteiger charge is 2.08. The number of aryl methyl sites for hydroxylation is 1. The number of hydrogen-bond acceptors (Lipinski definition) is 2. The van der Waals surface area contributed by atoms with Gasteiger partial charge in [0.05, 0.1) is 11.8 Å². The van der Waals surface area contributed by atoms with E-state index >= 15 is 0 Å². The van der Waals surface area contributed by atoms with Crippen molar-refractivity contribution in [1.82, 2.24) is 0 Å². The standard InChI is InChI=1S/C13H10Cl2O2/c14-6-5-10-7-17-8-12(13(10)16)9-1-3-11(15)4-2-9/h1-4,7-8H,5-6H2. The Bertz CT molecular complexity index is 558. The molecule has 0 saturated heterocycles. The van der Waals surface area contributed by atoms with Crippen LogP contribution in [0.5, 0.6) is 0 Å². The highest BCUT2D eigenvalue weighted by Crippen LogP contribution is 2.19. The predicted molar refractivity (Wildman–Crippen MR) is 69.8 cm³/mol. The lowest BCUT2D eigenvalue weighted by Gasteiger charge is -2.02. The van der Waals surface area contributed by atoms with Crippen LogP contribution in [0.3, 0.4) is 0 Å². The predicted octanol–water partition coefficient (Wildman–Crippen LogP) is 3.74. The van der Waals surface area contributed by atoms with Crippen LogP contribution < -0.4 is 5.43 Å². The topological polar surface area (TPSA) is 30.2 Å². The van der Waals surface area contributed by atoms with Gasteiger partial charge in [-0.05, 0) is 24.1 Å². The fraction of sp³-hybridized carbons (Fsp3) is 0.154. The average Bonchev–Trinajstić information content (AvgIpc) is 2.34. The molecule has 0 radical (unpaired) electrons. The third-order valence-electron chi connectivity index (χ3n) is 2.45. The van der Waals surface area contributed by atoms with Gasteiger partial charge in [0.1, 0.15) is 6.26 Å². The molecule has 0 amide bonds. The Morgan fingerprint density at radius 3 is 2.47 bits per heavy atom. The summed E-state index contributed by atoms with van der Waals surface area (Å²) in [4.78, 5) is 12.1. The van der Waals surface area contributed by atoms with Gasteiger partial charge in [0.15, 0.2) is 5.43 Å². The van der Waals surface area contributed by atoms with Gasteiger partial charge >= 0.3 is 0 Å². The highest BCUT2D eigenvalue weighted by molar-refractivity contribution is 6.30. The van der Waals surface area contributed by atoms with Crippen molar-refractivity contribution in [2.24, 2.45) is 0 Å². The molecule has 0 atom stereocenters. The molecule has 1 aromatic carbocycles. The van der Waals surface area contributed by atoms with E-state index in [0.717, 1.165) is 5.56 Å². The van der Waals surface area contributed by atoms with E-state index in [-0.39, 0.29) is 5.43 Å². The first kappa shape index (κ1) is 12.2. The summed E-state index contributed by atoms with van der Waals surface area (Å²) in [7, 11) is 0. The van der Waals surface area contributed by atoms with E-state index < -0.39 is 0 Å². The van der Waals surface area contributed by atoms with Crippen LogP contribution in [0.15, 0.2) is 46.0 Å². The Morgan fingerprint density at radius 1 is 1.12 bits per heavy atom. The Hall–Kier alpha value is -1.25. The molecule has 0 unspecified atom stereocenters. The van der Waals surface area contributed by atoms with Gasteiger partial charge in [0.2, 0.25) is 0 Å². The average molecular weight is 269 g/mol. The Kier molecular flexibility index (Phi) is 3.87. The van der Waals surface area contributed by atoms with E-state index in [2.05, 4.69) is 0 Å². The monoisotopic (exact) mass is 268 g/mol. The van der Waals surface area contributed by atoms with Crippen LogP contribution >= 0.6 is 23.2 Å².